The van der Waals surface area contributed by atoms with Gasteiger partial charge in [0.1, 0.15) is 0 Å². The molecule has 0 aromatic heterocycles. The molecule has 0 saturated carbocycles. The summed E-state index contributed by atoms with van der Waals surface area (Å²) in [6.07, 6.45) is 5.40. The van der Waals surface area contributed by atoms with E-state index in [1.54, 1.807) is 6.92 Å². The predicted molar refractivity (Wildman–Crippen MR) is 72.1 cm³/mol. The highest BCUT2D eigenvalue weighted by atomic mass is 16.3. The Kier molecular flexibility index (Phi) is 2.56. The highest BCUT2D eigenvalue weighted by Crippen LogP contribution is 2.54. The highest BCUT2D eigenvalue weighted by Gasteiger charge is 2.60. The Morgan fingerprint density at radius 1 is 1.17 bits per heavy atom. The molecule has 0 aromatic carbocycles. The Hall–Kier alpha value is -0.830. The highest BCUT2D eigenvalue weighted by molar-refractivity contribution is 5.77. The zero-order valence-corrected chi connectivity index (χ0v) is 12.4. The first-order chi connectivity index (χ1) is 7.94. The van der Waals surface area contributed by atoms with Crippen molar-refractivity contribution in [2.75, 3.05) is 0 Å². The third-order valence-corrected chi connectivity index (χ3v) is 4.83. The maximum atomic E-state index is 11.9. The smallest absolute Gasteiger partial charge is 0.220 e. The Labute approximate surface area is 110 Å². The maximum absolute atomic E-state index is 11.9. The zero-order chi connectivity index (χ0) is 14.0. The van der Waals surface area contributed by atoms with Gasteiger partial charge >= 0.3 is 0 Å². The molecule has 1 saturated heterocycles. The number of aliphatic hydroxyl groups is 1. The minimum atomic E-state index is -0.744. The molecule has 0 spiro atoms. The minimum Gasteiger partial charge on any atom is -0.389 e. The van der Waals surface area contributed by atoms with Crippen LogP contribution in [0.2, 0.25) is 0 Å². The molecule has 3 nitrogen and oxygen atoms in total. The Bertz CT molecular complexity index is 399. The van der Waals surface area contributed by atoms with Gasteiger partial charge in [-0.3, -0.25) is 4.79 Å². The summed E-state index contributed by atoms with van der Waals surface area (Å²) in [6, 6.07) is 0. The molecule has 2 aliphatic heterocycles. The molecule has 1 unspecified atom stereocenters. The van der Waals surface area contributed by atoms with Crippen LogP contribution in [0.25, 0.3) is 0 Å². The molecule has 2 heterocycles. The Morgan fingerprint density at radius 3 is 1.83 bits per heavy atom. The van der Waals surface area contributed by atoms with E-state index in [4.69, 9.17) is 0 Å². The summed E-state index contributed by atoms with van der Waals surface area (Å²) >= 11 is 0. The summed E-state index contributed by atoms with van der Waals surface area (Å²) in [5, 5.41) is 11.0. The van der Waals surface area contributed by atoms with Gasteiger partial charge in [-0.15, -0.1) is 0 Å². The van der Waals surface area contributed by atoms with E-state index in [1.165, 1.54) is 0 Å². The second-order valence-corrected chi connectivity index (χ2v) is 7.54. The molecular weight excluding hydrogens is 226 g/mol. The normalized spacial score (nSPS) is 43.4. The van der Waals surface area contributed by atoms with Gasteiger partial charge in [0.05, 0.1) is 16.7 Å². The first-order valence-electron chi connectivity index (χ1n) is 6.67. The summed E-state index contributed by atoms with van der Waals surface area (Å²) in [6.45, 7) is 11.9. The number of carbonyl (C=O) groups is 1. The van der Waals surface area contributed by atoms with Crippen LogP contribution in [0.15, 0.2) is 12.2 Å². The maximum Gasteiger partial charge on any atom is 0.220 e. The van der Waals surface area contributed by atoms with Gasteiger partial charge in [0.25, 0.3) is 0 Å². The van der Waals surface area contributed by atoms with E-state index >= 15 is 0 Å². The fraction of sp³-hybridized carbons (Fsp3) is 0.800. The lowest BCUT2D eigenvalue weighted by Gasteiger charge is -2.58. The van der Waals surface area contributed by atoms with Gasteiger partial charge in [-0.25, -0.2) is 0 Å². The molecule has 0 aromatic rings. The SMILES string of the molecule is CC(=O)N1[C@@]2(C)C=C[C@]1(C)CC(O)(C(C)(C)C)C2. The Balaban J connectivity index is 2.47. The number of fused-ring (bicyclic) bond motifs is 2. The second-order valence-electron chi connectivity index (χ2n) is 7.54. The van der Waals surface area contributed by atoms with Crippen LogP contribution in [-0.4, -0.2) is 32.6 Å². The van der Waals surface area contributed by atoms with E-state index in [0.717, 1.165) is 0 Å². The van der Waals surface area contributed by atoms with Crippen molar-refractivity contribution in [2.24, 2.45) is 5.41 Å². The van der Waals surface area contributed by atoms with Crippen molar-refractivity contribution in [3.63, 3.8) is 0 Å². The topological polar surface area (TPSA) is 40.5 Å². The van der Waals surface area contributed by atoms with Gasteiger partial charge in [0.2, 0.25) is 5.91 Å². The van der Waals surface area contributed by atoms with Crippen molar-refractivity contribution in [3.05, 3.63) is 12.2 Å². The molecule has 18 heavy (non-hydrogen) atoms. The minimum absolute atomic E-state index is 0.0842. The molecule has 3 atom stereocenters. The third kappa shape index (κ3) is 1.63. The summed E-state index contributed by atoms with van der Waals surface area (Å²) in [5.41, 5.74) is -1.65. The van der Waals surface area contributed by atoms with E-state index in [1.807, 2.05) is 18.7 Å². The lowest BCUT2D eigenvalue weighted by molar-refractivity contribution is -0.171. The predicted octanol–water partition coefficient (Wildman–Crippen LogP) is 2.49. The van der Waals surface area contributed by atoms with Gasteiger partial charge in [-0.1, -0.05) is 32.9 Å². The molecule has 1 amide bonds. The van der Waals surface area contributed by atoms with Crippen LogP contribution in [0.1, 0.15) is 54.4 Å². The van der Waals surface area contributed by atoms with Crippen LogP contribution in [0, 0.1) is 5.41 Å². The van der Waals surface area contributed by atoms with E-state index in [0.29, 0.717) is 12.8 Å². The van der Waals surface area contributed by atoms with E-state index in [9.17, 15) is 9.90 Å². The van der Waals surface area contributed by atoms with Crippen LogP contribution in [0.4, 0.5) is 0 Å². The molecule has 102 valence electrons. The fourth-order valence-corrected chi connectivity index (χ4v) is 3.86. The van der Waals surface area contributed by atoms with Crippen molar-refractivity contribution < 1.29 is 9.90 Å². The van der Waals surface area contributed by atoms with Crippen LogP contribution < -0.4 is 0 Å². The van der Waals surface area contributed by atoms with Crippen LogP contribution >= 0.6 is 0 Å². The first-order valence-corrected chi connectivity index (χ1v) is 6.67. The molecule has 1 N–H and O–H groups in total. The average molecular weight is 251 g/mol. The lowest BCUT2D eigenvalue weighted by Crippen LogP contribution is -2.67. The number of carbonyl (C=O) groups excluding carboxylic acids is 1. The van der Waals surface area contributed by atoms with E-state index in [-0.39, 0.29) is 22.4 Å². The van der Waals surface area contributed by atoms with Gasteiger partial charge in [0.15, 0.2) is 0 Å². The summed E-state index contributed by atoms with van der Waals surface area (Å²) < 4.78 is 0. The van der Waals surface area contributed by atoms with Crippen molar-refractivity contribution in [1.82, 2.24) is 4.90 Å². The number of piperidine rings is 1. The van der Waals surface area contributed by atoms with Gasteiger partial charge in [-0.2, -0.15) is 0 Å². The second kappa shape index (κ2) is 3.38. The molecule has 1 fully saturated rings. The summed E-state index contributed by atoms with van der Waals surface area (Å²) in [5.74, 6) is 0.0842. The molecule has 0 radical (unpaired) electrons. The first kappa shape index (κ1) is 13.6. The van der Waals surface area contributed by atoms with Crippen LogP contribution in [0.5, 0.6) is 0 Å². The molecule has 2 bridgehead atoms. The fourth-order valence-electron chi connectivity index (χ4n) is 3.86. The number of hydrogen-bond donors (Lipinski definition) is 1. The van der Waals surface area contributed by atoms with Crippen molar-refractivity contribution >= 4 is 5.91 Å². The van der Waals surface area contributed by atoms with Crippen LogP contribution in [0.3, 0.4) is 0 Å². The third-order valence-electron chi connectivity index (χ3n) is 4.83. The lowest BCUT2D eigenvalue weighted by atomic mass is 9.63. The zero-order valence-electron chi connectivity index (χ0n) is 12.4. The van der Waals surface area contributed by atoms with E-state index < -0.39 is 5.60 Å². The molecule has 2 rings (SSSR count). The van der Waals surface area contributed by atoms with Crippen LogP contribution in [-0.2, 0) is 4.79 Å². The molecular formula is C15H25NO2. The Morgan fingerprint density at radius 2 is 1.56 bits per heavy atom. The standard InChI is InChI=1S/C15H25NO2/c1-11(17)16-13(5)7-8-14(16,6)10-15(18,9-13)12(2,3)4/h7-8,18H,9-10H2,1-6H3/t13-,14+,15?. The van der Waals surface area contributed by atoms with Gasteiger partial charge in [-0.05, 0) is 19.3 Å². The van der Waals surface area contributed by atoms with Crippen molar-refractivity contribution in [2.45, 2.75) is 71.1 Å². The molecule has 2 aliphatic rings. The quantitative estimate of drug-likeness (QED) is 0.672. The number of hydrogen-bond acceptors (Lipinski definition) is 2. The van der Waals surface area contributed by atoms with Gasteiger partial charge < -0.3 is 10.0 Å². The number of amides is 1. The summed E-state index contributed by atoms with van der Waals surface area (Å²) in [7, 11) is 0. The number of nitrogens with zero attached hydrogens (tertiary/aromatic N) is 1. The largest absolute Gasteiger partial charge is 0.389 e. The number of rotatable bonds is 0. The van der Waals surface area contributed by atoms with Crippen molar-refractivity contribution in [3.8, 4) is 0 Å². The average Bonchev–Trinajstić information content (AvgIpc) is 2.28. The molecule has 3 heteroatoms. The monoisotopic (exact) mass is 251 g/mol. The van der Waals surface area contributed by atoms with Gasteiger partial charge in [0, 0.05) is 19.8 Å². The summed E-state index contributed by atoms with van der Waals surface area (Å²) in [4.78, 5) is 13.9. The molecule has 0 aliphatic carbocycles. The van der Waals surface area contributed by atoms with Crippen molar-refractivity contribution in [1.29, 1.82) is 0 Å². The van der Waals surface area contributed by atoms with E-state index in [2.05, 4.69) is 32.9 Å².